The predicted octanol–water partition coefficient (Wildman–Crippen LogP) is 5.36. The van der Waals surface area contributed by atoms with Gasteiger partial charge in [-0.05, 0) is 70.2 Å². The van der Waals surface area contributed by atoms with Gasteiger partial charge >= 0.3 is 6.09 Å². The molecule has 1 aliphatic heterocycles. The van der Waals surface area contributed by atoms with Gasteiger partial charge in [-0.25, -0.2) is 14.2 Å². The molecule has 39 heavy (non-hydrogen) atoms. The molecule has 2 aromatic heterocycles. The van der Waals surface area contributed by atoms with E-state index in [1.165, 1.54) is 25.4 Å². The monoisotopic (exact) mass is 533 g/mol. The Morgan fingerprint density at radius 3 is 2.82 bits per heavy atom. The van der Waals surface area contributed by atoms with Crippen molar-refractivity contribution < 1.29 is 23.8 Å². The number of aliphatic hydroxyl groups is 1. The van der Waals surface area contributed by atoms with E-state index in [2.05, 4.69) is 10.2 Å². The summed E-state index contributed by atoms with van der Waals surface area (Å²) in [6.07, 6.45) is 4.49. The molecule has 2 N–H and O–H groups in total. The molecule has 10 heteroatoms. The van der Waals surface area contributed by atoms with Crippen molar-refractivity contribution in [3.05, 3.63) is 53.2 Å². The van der Waals surface area contributed by atoms with Gasteiger partial charge in [0.1, 0.15) is 23.5 Å². The molecule has 1 fully saturated rings. The fourth-order valence-corrected chi connectivity index (χ4v) is 6.54. The third-order valence-electron chi connectivity index (χ3n) is 8.52. The van der Waals surface area contributed by atoms with Gasteiger partial charge in [0, 0.05) is 34.5 Å². The molecule has 1 aliphatic carbocycles. The second-order valence-electron chi connectivity index (χ2n) is 10.9. The molecule has 2 aliphatic rings. The van der Waals surface area contributed by atoms with E-state index in [1.807, 2.05) is 23.6 Å². The normalized spacial score (nSPS) is 22.2. The number of ether oxygens (including phenoxy) is 1. The quantitative estimate of drug-likeness (QED) is 0.365. The van der Waals surface area contributed by atoms with Crippen LogP contribution in [0.3, 0.4) is 0 Å². The van der Waals surface area contributed by atoms with Gasteiger partial charge in [-0.3, -0.25) is 14.8 Å². The number of methoxy groups -OCH3 is 1. The molecule has 3 heterocycles. The van der Waals surface area contributed by atoms with Crippen LogP contribution in [-0.4, -0.2) is 49.9 Å². The first kappa shape index (κ1) is 25.5. The number of rotatable bonds is 4. The highest BCUT2D eigenvalue weighted by molar-refractivity contribution is 5.95. The Kier molecular flexibility index (Phi) is 6.37. The minimum Gasteiger partial charge on any atom is -0.452 e. The fraction of sp³-hybridized carbons (Fsp3) is 0.448. The van der Waals surface area contributed by atoms with Gasteiger partial charge in [-0.2, -0.15) is 5.10 Å². The van der Waals surface area contributed by atoms with Crippen molar-refractivity contribution in [1.29, 1.82) is 0 Å². The van der Waals surface area contributed by atoms with E-state index < -0.39 is 18.0 Å². The smallest absolute Gasteiger partial charge is 0.414 e. The topological polar surface area (TPSA) is 113 Å². The van der Waals surface area contributed by atoms with Gasteiger partial charge in [-0.15, -0.1) is 0 Å². The lowest BCUT2D eigenvalue weighted by Crippen LogP contribution is -2.42. The van der Waals surface area contributed by atoms with Crippen LogP contribution in [0, 0.1) is 11.7 Å². The number of aliphatic hydroxyl groups excluding tert-OH is 1. The minimum atomic E-state index is -1.25. The summed E-state index contributed by atoms with van der Waals surface area (Å²) in [7, 11) is 1.37. The Morgan fingerprint density at radius 1 is 1.23 bits per heavy atom. The standard InChI is InChI=1S/C29H32FN5O4/c1-15-7-8-21-23(34(15)29(38)39-3)9-10-24-26(21)32-28(35(24)20-6-4-5-17(12-20)16(2)36)27(37)22-13-19(30)11-18-14-31-33-25(18)22/h9-11,13-15,17,20,27,37H,4-8,12H2,1-3H3,(H,31,33)/t15-,17+,20+,27-/m0/s1. The summed E-state index contributed by atoms with van der Waals surface area (Å²) in [5, 5.41) is 19.3. The van der Waals surface area contributed by atoms with Crippen LogP contribution in [-0.2, 0) is 16.0 Å². The molecule has 0 spiro atoms. The maximum Gasteiger partial charge on any atom is 0.414 e. The van der Waals surface area contributed by atoms with Gasteiger partial charge < -0.3 is 14.4 Å². The second-order valence-corrected chi connectivity index (χ2v) is 10.9. The van der Waals surface area contributed by atoms with E-state index in [0.29, 0.717) is 40.6 Å². The van der Waals surface area contributed by atoms with Crippen molar-refractivity contribution in [2.75, 3.05) is 12.0 Å². The lowest BCUT2D eigenvalue weighted by atomic mass is 9.83. The number of aromatic nitrogens is 4. The van der Waals surface area contributed by atoms with Crippen LogP contribution in [0.4, 0.5) is 14.9 Å². The highest BCUT2D eigenvalue weighted by atomic mass is 19.1. The zero-order valence-corrected chi connectivity index (χ0v) is 22.3. The molecule has 9 nitrogen and oxygen atoms in total. The number of aryl methyl sites for hydroxylation is 1. The summed E-state index contributed by atoms with van der Waals surface area (Å²) < 4.78 is 21.7. The first-order chi connectivity index (χ1) is 18.8. The van der Waals surface area contributed by atoms with Crippen LogP contribution in [0.1, 0.15) is 75.0 Å². The number of imidazole rings is 1. The maximum absolute atomic E-state index is 14.6. The number of amides is 1. The van der Waals surface area contributed by atoms with Crippen LogP contribution >= 0.6 is 0 Å². The van der Waals surface area contributed by atoms with Crippen molar-refractivity contribution in [1.82, 2.24) is 19.7 Å². The molecule has 4 atom stereocenters. The van der Waals surface area contributed by atoms with E-state index in [0.717, 1.165) is 42.5 Å². The number of aromatic amines is 1. The number of anilines is 1. The van der Waals surface area contributed by atoms with Crippen LogP contribution in [0.5, 0.6) is 0 Å². The summed E-state index contributed by atoms with van der Waals surface area (Å²) in [5.41, 5.74) is 4.06. The molecule has 4 aromatic rings. The summed E-state index contributed by atoms with van der Waals surface area (Å²) in [4.78, 5) is 31.7. The van der Waals surface area contributed by atoms with Crippen LogP contribution < -0.4 is 4.90 Å². The third kappa shape index (κ3) is 4.17. The van der Waals surface area contributed by atoms with Crippen LogP contribution in [0.15, 0.2) is 30.5 Å². The number of halogens is 1. The molecule has 2 aromatic carbocycles. The lowest BCUT2D eigenvalue weighted by molar-refractivity contribution is -0.122. The highest BCUT2D eigenvalue weighted by Crippen LogP contribution is 2.42. The van der Waals surface area contributed by atoms with Crippen molar-refractivity contribution in [3.8, 4) is 0 Å². The first-order valence-electron chi connectivity index (χ1n) is 13.5. The van der Waals surface area contributed by atoms with E-state index >= 15 is 0 Å². The molecule has 0 bridgehead atoms. The summed E-state index contributed by atoms with van der Waals surface area (Å²) in [6, 6.07) is 6.43. The van der Waals surface area contributed by atoms with Crippen molar-refractivity contribution >= 4 is 39.5 Å². The summed E-state index contributed by atoms with van der Waals surface area (Å²) >= 11 is 0. The molecule has 1 saturated carbocycles. The molecule has 6 rings (SSSR count). The predicted molar refractivity (Wildman–Crippen MR) is 144 cm³/mol. The third-order valence-corrected chi connectivity index (χ3v) is 8.52. The Morgan fingerprint density at radius 2 is 2.05 bits per heavy atom. The Labute approximate surface area is 225 Å². The lowest BCUT2D eigenvalue weighted by Gasteiger charge is -2.34. The first-order valence-corrected chi connectivity index (χ1v) is 13.5. The Balaban J connectivity index is 1.57. The van der Waals surface area contributed by atoms with Gasteiger partial charge in [-0.1, -0.05) is 6.42 Å². The minimum absolute atomic E-state index is 0.0369. The number of hydrogen-bond acceptors (Lipinski definition) is 6. The van der Waals surface area contributed by atoms with Crippen molar-refractivity contribution in [2.24, 2.45) is 5.92 Å². The van der Waals surface area contributed by atoms with E-state index in [9.17, 15) is 19.1 Å². The van der Waals surface area contributed by atoms with Gasteiger partial charge in [0.25, 0.3) is 0 Å². The molecule has 0 radical (unpaired) electrons. The average molecular weight is 534 g/mol. The maximum atomic E-state index is 14.6. The van der Waals surface area contributed by atoms with Gasteiger partial charge in [0.15, 0.2) is 0 Å². The van der Waals surface area contributed by atoms with E-state index in [-0.39, 0.29) is 23.8 Å². The number of carbonyl (C=O) groups is 2. The summed E-state index contributed by atoms with van der Waals surface area (Å²) in [6.45, 7) is 3.62. The summed E-state index contributed by atoms with van der Waals surface area (Å²) in [5.74, 6) is 0.0101. The number of nitrogens with zero attached hydrogens (tertiary/aromatic N) is 4. The molecular formula is C29H32FN5O4. The van der Waals surface area contributed by atoms with Crippen LogP contribution in [0.2, 0.25) is 0 Å². The molecule has 0 unspecified atom stereocenters. The van der Waals surface area contributed by atoms with E-state index in [4.69, 9.17) is 9.72 Å². The Bertz CT molecular complexity index is 1590. The number of benzene rings is 2. The molecule has 0 saturated heterocycles. The Hall–Kier alpha value is -3.79. The highest BCUT2D eigenvalue weighted by Gasteiger charge is 2.35. The number of ketones is 1. The van der Waals surface area contributed by atoms with E-state index in [1.54, 1.807) is 11.8 Å². The number of carbonyl (C=O) groups excluding carboxylic acids is 2. The molecule has 204 valence electrons. The SMILES string of the molecule is COC(=O)N1c2ccc3c(nc([C@@H](O)c4cc(F)cc5cn[nH]c45)n3[C@@H]3CCC[C@@H](C(C)=O)C3)c2CC[C@@H]1C. The average Bonchev–Trinajstić information content (AvgIpc) is 3.56. The van der Waals surface area contributed by atoms with Crippen molar-refractivity contribution in [3.63, 3.8) is 0 Å². The molecular weight excluding hydrogens is 501 g/mol. The van der Waals surface area contributed by atoms with Gasteiger partial charge in [0.2, 0.25) is 0 Å². The van der Waals surface area contributed by atoms with Gasteiger partial charge in [0.05, 0.1) is 35.5 Å². The largest absolute Gasteiger partial charge is 0.452 e. The fourth-order valence-electron chi connectivity index (χ4n) is 6.54. The number of H-pyrrole nitrogens is 1. The number of Topliss-reactive ketones (excluding diaryl/α,β-unsaturated/α-hetero) is 1. The molecule has 1 amide bonds. The van der Waals surface area contributed by atoms with Crippen LogP contribution in [0.25, 0.3) is 21.9 Å². The van der Waals surface area contributed by atoms with Crippen molar-refractivity contribution in [2.45, 2.75) is 70.6 Å². The number of nitrogens with one attached hydrogen (secondary N) is 1. The number of fused-ring (bicyclic) bond motifs is 4. The second kappa shape index (κ2) is 9.75. The number of hydrogen-bond donors (Lipinski definition) is 2. The zero-order chi connectivity index (χ0) is 27.4. The zero-order valence-electron chi connectivity index (χ0n) is 22.3.